The van der Waals surface area contributed by atoms with Crippen LogP contribution in [0, 0.1) is 11.8 Å². The summed E-state index contributed by atoms with van der Waals surface area (Å²) in [7, 11) is 3.60. The van der Waals surface area contributed by atoms with Gasteiger partial charge < -0.3 is 30.1 Å². The zero-order valence-corrected chi connectivity index (χ0v) is 23.5. The summed E-state index contributed by atoms with van der Waals surface area (Å²) >= 11 is 0. The molecule has 38 heavy (non-hydrogen) atoms. The minimum atomic E-state index is -1.16. The first-order valence-corrected chi connectivity index (χ1v) is 14.0. The predicted molar refractivity (Wildman–Crippen MR) is 150 cm³/mol. The second-order valence-corrected chi connectivity index (χ2v) is 10.8. The number of benzene rings is 1. The Balaban J connectivity index is 1.84. The van der Waals surface area contributed by atoms with Gasteiger partial charge in [0.05, 0.1) is 11.8 Å². The lowest BCUT2D eigenvalue weighted by Crippen LogP contribution is -2.54. The number of carbonyl (C=O) groups is 1. The number of pyridine rings is 1. The van der Waals surface area contributed by atoms with Gasteiger partial charge in [0.25, 0.3) is 0 Å². The number of piperidine rings is 1. The number of methoxy groups -OCH3 is 1. The van der Waals surface area contributed by atoms with Crippen LogP contribution in [0.1, 0.15) is 57.9 Å². The number of likely N-dealkylation sites (N-methyl/N-ethyl adjacent to an activating group) is 1. The molecule has 1 unspecified atom stereocenters. The van der Waals surface area contributed by atoms with Gasteiger partial charge in [0.15, 0.2) is 0 Å². The third-order valence-corrected chi connectivity index (χ3v) is 7.29. The number of rotatable bonds is 14. The number of unbranched alkanes of at least 4 members (excludes halogenated alkanes) is 1. The van der Waals surface area contributed by atoms with E-state index >= 15 is 0 Å². The van der Waals surface area contributed by atoms with Gasteiger partial charge in [0.2, 0.25) is 0 Å². The normalized spacial score (nSPS) is 18.2. The molecule has 3 atom stereocenters. The van der Waals surface area contributed by atoms with Gasteiger partial charge in [-0.2, -0.15) is 0 Å². The Labute approximate surface area is 228 Å². The number of likely N-dealkylation sites (tertiary alicyclic amines) is 1. The van der Waals surface area contributed by atoms with Crippen LogP contribution in [-0.4, -0.2) is 67.5 Å². The van der Waals surface area contributed by atoms with Crippen LogP contribution in [0.4, 0.5) is 4.79 Å². The minimum absolute atomic E-state index is 0.0581. The maximum Gasteiger partial charge on any atom is 0.317 e. The smallest absolute Gasteiger partial charge is 0.317 e. The summed E-state index contributed by atoms with van der Waals surface area (Å²) in [4.78, 5) is 19.4. The molecule has 0 saturated carbocycles. The number of nitrogens with zero attached hydrogens (tertiary/aromatic N) is 2. The van der Waals surface area contributed by atoms with Crippen LogP contribution >= 0.6 is 0 Å². The lowest BCUT2D eigenvalue weighted by molar-refractivity contribution is -0.0575. The zero-order valence-electron chi connectivity index (χ0n) is 23.5. The average Bonchev–Trinajstić information content (AvgIpc) is 2.92. The summed E-state index contributed by atoms with van der Waals surface area (Å²) in [6.07, 6.45) is 8.15. The number of aliphatic hydroxyl groups is 1. The van der Waals surface area contributed by atoms with E-state index < -0.39 is 5.60 Å². The Bertz CT molecular complexity index is 974. The highest BCUT2D eigenvalue weighted by Gasteiger charge is 2.43. The molecule has 1 aliphatic rings. The van der Waals surface area contributed by atoms with Crippen molar-refractivity contribution in [3.63, 3.8) is 0 Å². The van der Waals surface area contributed by atoms with Gasteiger partial charge in [-0.05, 0) is 69.7 Å². The van der Waals surface area contributed by atoms with E-state index in [2.05, 4.69) is 29.5 Å². The predicted octanol–water partition coefficient (Wildman–Crippen LogP) is 4.93. The third kappa shape index (κ3) is 8.41. The Hall–Kier alpha value is -2.68. The van der Waals surface area contributed by atoms with Crippen LogP contribution in [0.3, 0.4) is 0 Å². The molecule has 2 amide bonds. The number of amides is 2. The second kappa shape index (κ2) is 15.0. The molecule has 1 saturated heterocycles. The molecule has 2 aromatic rings. The van der Waals surface area contributed by atoms with E-state index in [-0.39, 0.29) is 18.0 Å². The van der Waals surface area contributed by atoms with Gasteiger partial charge in [-0.3, -0.25) is 4.98 Å². The third-order valence-electron chi connectivity index (χ3n) is 7.29. The summed E-state index contributed by atoms with van der Waals surface area (Å²) in [5.41, 5.74) is -0.408. The topological polar surface area (TPSA) is 96.0 Å². The summed E-state index contributed by atoms with van der Waals surface area (Å²) in [6.45, 7) is 6.88. The van der Waals surface area contributed by atoms with Crippen molar-refractivity contribution < 1.29 is 19.4 Å². The van der Waals surface area contributed by atoms with E-state index in [0.717, 1.165) is 44.2 Å². The lowest BCUT2D eigenvalue weighted by atomic mass is 9.73. The van der Waals surface area contributed by atoms with Crippen molar-refractivity contribution >= 4 is 6.03 Å². The highest BCUT2D eigenvalue weighted by Crippen LogP contribution is 2.44. The quantitative estimate of drug-likeness (QED) is 0.302. The van der Waals surface area contributed by atoms with E-state index in [1.807, 2.05) is 48.3 Å². The van der Waals surface area contributed by atoms with Crippen molar-refractivity contribution in [2.24, 2.45) is 11.8 Å². The number of urea groups is 1. The second-order valence-electron chi connectivity index (χ2n) is 10.8. The molecular formula is C30H46N4O4. The molecule has 0 radical (unpaired) electrons. The van der Waals surface area contributed by atoms with Crippen molar-refractivity contribution in [2.45, 2.75) is 64.0 Å². The average molecular weight is 527 g/mol. The SMILES string of the molecule is CNCC(CC(C)C)NC(=O)N1CCC[C@@H]([C@@](O)(CCCCOC)c2ccccc2Oc2cccnc2)C1. The van der Waals surface area contributed by atoms with Gasteiger partial charge in [-0.1, -0.05) is 32.0 Å². The van der Waals surface area contributed by atoms with Crippen molar-refractivity contribution in [3.8, 4) is 11.5 Å². The van der Waals surface area contributed by atoms with E-state index in [1.54, 1.807) is 19.5 Å². The summed E-state index contributed by atoms with van der Waals surface area (Å²) in [5.74, 6) is 1.58. The minimum Gasteiger partial charge on any atom is -0.455 e. The van der Waals surface area contributed by atoms with Crippen molar-refractivity contribution in [3.05, 3.63) is 54.4 Å². The molecular weight excluding hydrogens is 480 g/mol. The van der Waals surface area contributed by atoms with E-state index in [0.29, 0.717) is 43.5 Å². The molecule has 3 N–H and O–H groups in total. The first kappa shape index (κ1) is 29.9. The molecule has 210 valence electrons. The number of ether oxygens (including phenoxy) is 2. The van der Waals surface area contributed by atoms with Crippen LogP contribution in [0.25, 0.3) is 0 Å². The lowest BCUT2D eigenvalue weighted by Gasteiger charge is -2.43. The maximum atomic E-state index is 13.3. The van der Waals surface area contributed by atoms with Crippen LogP contribution < -0.4 is 15.4 Å². The fraction of sp³-hybridized carbons (Fsp3) is 0.600. The molecule has 0 spiro atoms. The first-order chi connectivity index (χ1) is 18.4. The van der Waals surface area contributed by atoms with Crippen molar-refractivity contribution in [1.29, 1.82) is 0 Å². The Morgan fingerprint density at radius 2 is 2.05 bits per heavy atom. The fourth-order valence-corrected chi connectivity index (χ4v) is 5.47. The van der Waals surface area contributed by atoms with Gasteiger partial charge in [0, 0.05) is 57.1 Å². The first-order valence-electron chi connectivity index (χ1n) is 14.0. The number of hydrogen-bond donors (Lipinski definition) is 3. The monoisotopic (exact) mass is 526 g/mol. The number of para-hydroxylation sites is 1. The molecule has 1 aliphatic heterocycles. The summed E-state index contributed by atoms with van der Waals surface area (Å²) in [6, 6.07) is 11.4. The summed E-state index contributed by atoms with van der Waals surface area (Å²) < 4.78 is 11.5. The van der Waals surface area contributed by atoms with E-state index in [4.69, 9.17) is 9.47 Å². The molecule has 3 rings (SSSR count). The van der Waals surface area contributed by atoms with Crippen LogP contribution in [0.2, 0.25) is 0 Å². The van der Waals surface area contributed by atoms with Gasteiger partial charge in [0.1, 0.15) is 11.5 Å². The molecule has 1 aromatic heterocycles. The maximum absolute atomic E-state index is 13.3. The number of carbonyl (C=O) groups excluding carboxylic acids is 1. The summed E-state index contributed by atoms with van der Waals surface area (Å²) in [5, 5.41) is 18.9. The van der Waals surface area contributed by atoms with Crippen LogP contribution in [0.5, 0.6) is 11.5 Å². The molecule has 0 aliphatic carbocycles. The number of hydrogen-bond acceptors (Lipinski definition) is 6. The Morgan fingerprint density at radius 1 is 1.24 bits per heavy atom. The molecule has 1 fully saturated rings. The standard InChI is InChI=1S/C30H46N4O4/c1-23(2)19-25(20-31-3)33-29(35)34-17-10-11-24(22-34)30(36,15-7-8-18-37-4)27-13-5-6-14-28(27)38-26-12-9-16-32-21-26/h5-6,9,12-14,16,21,23-25,31,36H,7-8,10-11,15,17-20,22H2,1-4H3,(H,33,35)/t24-,25?,30+/m1/s1. The molecule has 2 heterocycles. The zero-order chi connectivity index (χ0) is 27.4. The highest BCUT2D eigenvalue weighted by atomic mass is 16.5. The van der Waals surface area contributed by atoms with Gasteiger partial charge in [-0.15, -0.1) is 0 Å². The van der Waals surface area contributed by atoms with Gasteiger partial charge >= 0.3 is 6.03 Å². The highest BCUT2D eigenvalue weighted by molar-refractivity contribution is 5.74. The largest absolute Gasteiger partial charge is 0.455 e. The molecule has 0 bridgehead atoms. The molecule has 8 heteroatoms. The van der Waals surface area contributed by atoms with Crippen LogP contribution in [0.15, 0.2) is 48.8 Å². The van der Waals surface area contributed by atoms with Crippen LogP contribution in [-0.2, 0) is 10.3 Å². The molecule has 8 nitrogen and oxygen atoms in total. The Kier molecular flexibility index (Phi) is 11.8. The van der Waals surface area contributed by atoms with Gasteiger partial charge in [-0.25, -0.2) is 4.79 Å². The number of nitrogens with one attached hydrogen (secondary N) is 2. The fourth-order valence-electron chi connectivity index (χ4n) is 5.47. The molecule has 1 aromatic carbocycles. The number of aromatic nitrogens is 1. The van der Waals surface area contributed by atoms with Crippen molar-refractivity contribution in [1.82, 2.24) is 20.5 Å². The van der Waals surface area contributed by atoms with E-state index in [1.165, 1.54) is 0 Å². The van der Waals surface area contributed by atoms with Crippen molar-refractivity contribution in [2.75, 3.05) is 40.4 Å². The Morgan fingerprint density at radius 3 is 2.76 bits per heavy atom. The van der Waals surface area contributed by atoms with E-state index in [9.17, 15) is 9.90 Å².